The monoisotopic (exact) mass is 392 g/mol. The van der Waals surface area contributed by atoms with E-state index in [4.69, 9.17) is 16.3 Å². The summed E-state index contributed by atoms with van der Waals surface area (Å²) in [6.45, 7) is 3.89. The molecule has 0 fully saturated rings. The van der Waals surface area contributed by atoms with Crippen LogP contribution in [-0.2, 0) is 4.79 Å². The summed E-state index contributed by atoms with van der Waals surface area (Å²) < 4.78 is 5.61. The first-order valence-electron chi connectivity index (χ1n) is 8.89. The van der Waals surface area contributed by atoms with Gasteiger partial charge in [0.15, 0.2) is 6.61 Å². The third-order valence-corrected chi connectivity index (χ3v) is 4.29. The molecule has 1 N–H and O–H groups in total. The van der Waals surface area contributed by atoms with Crippen LogP contribution in [0.25, 0.3) is 0 Å². The lowest BCUT2D eigenvalue weighted by molar-refractivity contribution is -0.118. The van der Waals surface area contributed by atoms with Crippen LogP contribution in [0.5, 0.6) is 5.75 Å². The topological polar surface area (TPSA) is 50.7 Å². The van der Waals surface area contributed by atoms with Gasteiger partial charge in [-0.1, -0.05) is 41.9 Å². The molecule has 0 spiro atoms. The number of anilines is 1. The molecule has 0 aliphatic heterocycles. The van der Waals surface area contributed by atoms with E-state index >= 15 is 0 Å². The molecule has 3 rings (SSSR count). The van der Waals surface area contributed by atoms with Gasteiger partial charge in [-0.15, -0.1) is 0 Å². The van der Waals surface area contributed by atoms with Crippen LogP contribution in [0, 0.1) is 13.8 Å². The average Bonchev–Trinajstić information content (AvgIpc) is 2.67. The highest BCUT2D eigenvalue weighted by Crippen LogP contribution is 2.23. The minimum Gasteiger partial charge on any atom is -0.484 e. The number of hydrogen-bond donors (Lipinski definition) is 1. The molecule has 0 unspecified atom stereocenters. The van der Waals surface area contributed by atoms with Crippen molar-refractivity contribution in [2.45, 2.75) is 13.8 Å². The number of ether oxygens (including phenoxy) is 1. The SMILES string of the molecule is Cc1cccc(NC(=O)COc2cccc(C=Nc3cc(Cl)ccc3C)c2)c1. The van der Waals surface area contributed by atoms with Crippen molar-refractivity contribution < 1.29 is 9.53 Å². The molecule has 0 aliphatic rings. The molecule has 4 nitrogen and oxygen atoms in total. The van der Waals surface area contributed by atoms with Crippen LogP contribution in [0.4, 0.5) is 11.4 Å². The number of hydrogen-bond acceptors (Lipinski definition) is 3. The van der Waals surface area contributed by atoms with Gasteiger partial charge in [0.1, 0.15) is 5.75 Å². The first-order chi connectivity index (χ1) is 13.5. The number of halogens is 1. The van der Waals surface area contributed by atoms with E-state index in [9.17, 15) is 4.79 Å². The summed E-state index contributed by atoms with van der Waals surface area (Å²) in [5, 5.41) is 3.47. The van der Waals surface area contributed by atoms with E-state index in [1.807, 2.05) is 80.6 Å². The number of nitrogens with one attached hydrogen (secondary N) is 1. The Labute approximate surface area is 169 Å². The Kier molecular flexibility index (Phi) is 6.45. The maximum atomic E-state index is 12.1. The van der Waals surface area contributed by atoms with Crippen molar-refractivity contribution in [3.8, 4) is 5.75 Å². The molecule has 1 amide bonds. The molecule has 0 aromatic heterocycles. The van der Waals surface area contributed by atoms with E-state index < -0.39 is 0 Å². The van der Waals surface area contributed by atoms with Crippen molar-refractivity contribution in [3.05, 3.63) is 88.4 Å². The Bertz CT molecular complexity index is 1010. The Hall–Kier alpha value is -3.11. The van der Waals surface area contributed by atoms with Gasteiger partial charge in [-0.2, -0.15) is 0 Å². The van der Waals surface area contributed by atoms with Crippen LogP contribution in [0.1, 0.15) is 16.7 Å². The highest BCUT2D eigenvalue weighted by molar-refractivity contribution is 6.30. The smallest absolute Gasteiger partial charge is 0.262 e. The summed E-state index contributed by atoms with van der Waals surface area (Å²) >= 11 is 6.03. The van der Waals surface area contributed by atoms with Crippen molar-refractivity contribution in [2.75, 3.05) is 11.9 Å². The van der Waals surface area contributed by atoms with Gasteiger partial charge >= 0.3 is 0 Å². The van der Waals surface area contributed by atoms with Crippen molar-refractivity contribution >= 4 is 35.1 Å². The zero-order valence-corrected chi connectivity index (χ0v) is 16.5. The molecule has 28 heavy (non-hydrogen) atoms. The van der Waals surface area contributed by atoms with Gasteiger partial charge in [0.05, 0.1) is 5.69 Å². The summed E-state index contributed by atoms with van der Waals surface area (Å²) in [5.74, 6) is 0.394. The Balaban J connectivity index is 1.61. The second-order valence-electron chi connectivity index (χ2n) is 6.47. The number of carbonyl (C=O) groups is 1. The minimum atomic E-state index is -0.209. The maximum Gasteiger partial charge on any atom is 0.262 e. The standard InChI is InChI=1S/C23H21ClN2O2/c1-16-5-3-7-20(11-16)26-23(27)15-28-21-8-4-6-18(12-21)14-25-22-13-19(24)10-9-17(22)2/h3-14H,15H2,1-2H3,(H,26,27). The highest BCUT2D eigenvalue weighted by Gasteiger charge is 2.04. The molecular weight excluding hydrogens is 372 g/mol. The van der Waals surface area contributed by atoms with Crippen LogP contribution < -0.4 is 10.1 Å². The maximum absolute atomic E-state index is 12.1. The lowest BCUT2D eigenvalue weighted by Crippen LogP contribution is -2.20. The number of aryl methyl sites for hydroxylation is 2. The molecule has 0 bridgehead atoms. The Morgan fingerprint density at radius 3 is 2.71 bits per heavy atom. The van der Waals surface area contributed by atoms with Crippen LogP contribution in [0.15, 0.2) is 71.7 Å². The van der Waals surface area contributed by atoms with Gasteiger partial charge in [0.25, 0.3) is 5.91 Å². The minimum absolute atomic E-state index is 0.0675. The fraction of sp³-hybridized carbons (Fsp3) is 0.130. The van der Waals surface area contributed by atoms with E-state index in [0.717, 1.165) is 28.1 Å². The molecule has 5 heteroatoms. The number of aliphatic imine (C=N–C) groups is 1. The molecule has 0 atom stereocenters. The lowest BCUT2D eigenvalue weighted by atomic mass is 10.2. The fourth-order valence-electron chi connectivity index (χ4n) is 2.62. The highest BCUT2D eigenvalue weighted by atomic mass is 35.5. The largest absolute Gasteiger partial charge is 0.484 e. The number of carbonyl (C=O) groups excluding carboxylic acids is 1. The van der Waals surface area contributed by atoms with Gasteiger partial charge in [0, 0.05) is 16.9 Å². The second kappa shape index (κ2) is 9.20. The fourth-order valence-corrected chi connectivity index (χ4v) is 2.79. The normalized spacial score (nSPS) is 10.8. The molecule has 0 aliphatic carbocycles. The average molecular weight is 393 g/mol. The van der Waals surface area contributed by atoms with E-state index in [-0.39, 0.29) is 12.5 Å². The Morgan fingerprint density at radius 2 is 1.89 bits per heavy atom. The molecule has 142 valence electrons. The van der Waals surface area contributed by atoms with Gasteiger partial charge in [-0.25, -0.2) is 0 Å². The van der Waals surface area contributed by atoms with E-state index in [1.165, 1.54) is 0 Å². The van der Waals surface area contributed by atoms with Crippen molar-refractivity contribution in [3.63, 3.8) is 0 Å². The third kappa shape index (κ3) is 5.69. The molecule has 3 aromatic rings. The van der Waals surface area contributed by atoms with Crippen molar-refractivity contribution in [1.29, 1.82) is 0 Å². The van der Waals surface area contributed by atoms with Crippen LogP contribution in [0.3, 0.4) is 0 Å². The molecule has 0 radical (unpaired) electrons. The predicted octanol–water partition coefficient (Wildman–Crippen LogP) is 5.72. The second-order valence-corrected chi connectivity index (χ2v) is 6.90. The first-order valence-corrected chi connectivity index (χ1v) is 9.27. The van der Waals surface area contributed by atoms with Crippen LogP contribution in [0.2, 0.25) is 5.02 Å². The number of amides is 1. The molecule has 0 saturated heterocycles. The Morgan fingerprint density at radius 1 is 1.07 bits per heavy atom. The summed E-state index contributed by atoms with van der Waals surface area (Å²) in [5.41, 5.74) is 4.57. The van der Waals surface area contributed by atoms with Crippen LogP contribution >= 0.6 is 11.6 Å². The summed E-state index contributed by atoms with van der Waals surface area (Å²) in [6, 6.07) is 20.7. The number of nitrogens with zero attached hydrogens (tertiary/aromatic N) is 1. The third-order valence-electron chi connectivity index (χ3n) is 4.05. The zero-order valence-electron chi connectivity index (χ0n) is 15.8. The van der Waals surface area contributed by atoms with Crippen LogP contribution in [-0.4, -0.2) is 18.7 Å². The van der Waals surface area contributed by atoms with Crippen molar-refractivity contribution in [2.24, 2.45) is 4.99 Å². The van der Waals surface area contributed by atoms with Gasteiger partial charge < -0.3 is 10.1 Å². The number of rotatable bonds is 6. The zero-order chi connectivity index (χ0) is 19.9. The molecule has 3 aromatic carbocycles. The lowest BCUT2D eigenvalue weighted by Gasteiger charge is -2.08. The predicted molar refractivity (Wildman–Crippen MR) is 115 cm³/mol. The summed E-state index contributed by atoms with van der Waals surface area (Å²) in [4.78, 5) is 16.6. The summed E-state index contributed by atoms with van der Waals surface area (Å²) in [6.07, 6.45) is 1.75. The summed E-state index contributed by atoms with van der Waals surface area (Å²) in [7, 11) is 0. The van der Waals surface area contributed by atoms with Gasteiger partial charge in [0.2, 0.25) is 0 Å². The molecular formula is C23H21ClN2O2. The van der Waals surface area contributed by atoms with Gasteiger partial charge in [-0.05, 0) is 66.9 Å². The first kappa shape index (κ1) is 19.6. The quantitative estimate of drug-likeness (QED) is 0.545. The molecule has 0 heterocycles. The molecule has 0 saturated carbocycles. The van der Waals surface area contributed by atoms with E-state index in [1.54, 1.807) is 6.21 Å². The van der Waals surface area contributed by atoms with Gasteiger partial charge in [-0.3, -0.25) is 9.79 Å². The van der Waals surface area contributed by atoms with E-state index in [0.29, 0.717) is 10.8 Å². The van der Waals surface area contributed by atoms with E-state index in [2.05, 4.69) is 10.3 Å². The number of benzene rings is 3. The van der Waals surface area contributed by atoms with Crippen molar-refractivity contribution in [1.82, 2.24) is 0 Å².